The zero-order valence-electron chi connectivity index (χ0n) is 7.18. The van der Waals surface area contributed by atoms with Gasteiger partial charge in [-0.2, -0.15) is 0 Å². The van der Waals surface area contributed by atoms with Gasteiger partial charge in [-0.15, -0.1) is 0 Å². The highest BCUT2D eigenvalue weighted by Gasteiger charge is 2.09. The molecule has 2 N–H and O–H groups in total. The van der Waals surface area contributed by atoms with Gasteiger partial charge in [0.25, 0.3) is 0 Å². The molecule has 0 fully saturated rings. The second-order valence-electron chi connectivity index (χ2n) is 2.82. The Morgan fingerprint density at radius 1 is 1.23 bits per heavy atom. The van der Waals surface area contributed by atoms with Crippen LogP contribution in [0.15, 0.2) is 24.3 Å². The van der Waals surface area contributed by atoms with Crippen LogP contribution in [0, 0.1) is 0 Å². The molecule has 68 valence electrons. The monoisotopic (exact) mass is 178 g/mol. The first-order valence-electron chi connectivity index (χ1n) is 4.12. The molecular formula is C9H11BO3. The van der Waals surface area contributed by atoms with Crippen LogP contribution < -0.4 is 5.46 Å². The van der Waals surface area contributed by atoms with Gasteiger partial charge in [0.1, 0.15) is 6.29 Å². The number of hydrogen-bond donors (Lipinski definition) is 2. The summed E-state index contributed by atoms with van der Waals surface area (Å²) in [6, 6.07) is 6.87. The topological polar surface area (TPSA) is 57.5 Å². The van der Waals surface area contributed by atoms with Gasteiger partial charge < -0.3 is 14.8 Å². The summed E-state index contributed by atoms with van der Waals surface area (Å²) >= 11 is 0. The molecule has 0 aliphatic rings. The Labute approximate surface area is 77.2 Å². The van der Waals surface area contributed by atoms with E-state index in [9.17, 15) is 4.79 Å². The van der Waals surface area contributed by atoms with Crippen LogP contribution in [0.1, 0.15) is 12.0 Å². The fourth-order valence-electron chi connectivity index (χ4n) is 1.08. The van der Waals surface area contributed by atoms with Gasteiger partial charge in [-0.3, -0.25) is 0 Å². The predicted octanol–water partition coefficient (Wildman–Crippen LogP) is -0.502. The van der Waals surface area contributed by atoms with Crippen molar-refractivity contribution in [1.29, 1.82) is 0 Å². The van der Waals surface area contributed by atoms with Crippen LogP contribution in [0.4, 0.5) is 0 Å². The molecule has 0 aliphatic heterocycles. The van der Waals surface area contributed by atoms with Crippen LogP contribution in [0.2, 0.25) is 0 Å². The lowest BCUT2D eigenvalue weighted by Gasteiger charge is -2.00. The molecule has 3 nitrogen and oxygen atoms in total. The van der Waals surface area contributed by atoms with E-state index in [1.54, 1.807) is 24.3 Å². The van der Waals surface area contributed by atoms with E-state index in [0.717, 1.165) is 11.8 Å². The number of rotatable bonds is 4. The second kappa shape index (κ2) is 4.79. The van der Waals surface area contributed by atoms with Gasteiger partial charge >= 0.3 is 7.12 Å². The molecular weight excluding hydrogens is 167 g/mol. The normalized spacial score (nSPS) is 9.69. The maximum absolute atomic E-state index is 10.1. The molecule has 1 rings (SSSR count). The van der Waals surface area contributed by atoms with Crippen molar-refractivity contribution >= 4 is 18.9 Å². The lowest BCUT2D eigenvalue weighted by atomic mass is 9.80. The fraction of sp³-hybridized carbons (Fsp3) is 0.222. The molecule has 1 aromatic rings. The van der Waals surface area contributed by atoms with E-state index in [2.05, 4.69) is 0 Å². The predicted molar refractivity (Wildman–Crippen MR) is 50.7 cm³/mol. The molecule has 0 bridgehead atoms. The molecule has 0 saturated carbocycles. The first-order chi connectivity index (χ1) is 6.24. The number of benzene rings is 1. The number of aryl methyl sites for hydroxylation is 1. The Morgan fingerprint density at radius 2 is 1.85 bits per heavy atom. The summed E-state index contributed by atoms with van der Waals surface area (Å²) in [5.74, 6) is 0. The summed E-state index contributed by atoms with van der Waals surface area (Å²) in [4.78, 5) is 10.1. The van der Waals surface area contributed by atoms with Crippen molar-refractivity contribution in [3.63, 3.8) is 0 Å². The number of aldehydes is 1. The quantitative estimate of drug-likeness (QED) is 0.482. The molecule has 0 spiro atoms. The van der Waals surface area contributed by atoms with Gasteiger partial charge in [0.2, 0.25) is 0 Å². The van der Waals surface area contributed by atoms with Crippen LogP contribution in [0.3, 0.4) is 0 Å². The Kier molecular flexibility index (Phi) is 3.67. The summed E-state index contributed by atoms with van der Waals surface area (Å²) in [5.41, 5.74) is 1.49. The Balaban J connectivity index is 2.64. The molecule has 0 radical (unpaired) electrons. The Morgan fingerprint density at radius 3 is 2.31 bits per heavy atom. The number of carbonyl (C=O) groups is 1. The molecule has 0 amide bonds. The van der Waals surface area contributed by atoms with Crippen molar-refractivity contribution in [3.8, 4) is 0 Å². The smallest absolute Gasteiger partial charge is 0.423 e. The third-order valence-corrected chi connectivity index (χ3v) is 1.83. The van der Waals surface area contributed by atoms with Crippen LogP contribution in [0.5, 0.6) is 0 Å². The van der Waals surface area contributed by atoms with E-state index < -0.39 is 7.12 Å². The van der Waals surface area contributed by atoms with E-state index in [-0.39, 0.29) is 0 Å². The van der Waals surface area contributed by atoms with Crippen LogP contribution in [0.25, 0.3) is 0 Å². The van der Waals surface area contributed by atoms with Gasteiger partial charge in [-0.05, 0) is 17.4 Å². The highest BCUT2D eigenvalue weighted by atomic mass is 16.4. The minimum absolute atomic E-state index is 0.467. The maximum atomic E-state index is 10.1. The number of hydrogen-bond acceptors (Lipinski definition) is 3. The molecule has 0 saturated heterocycles. The lowest BCUT2D eigenvalue weighted by Crippen LogP contribution is -2.29. The van der Waals surface area contributed by atoms with E-state index in [1.165, 1.54) is 0 Å². The zero-order valence-corrected chi connectivity index (χ0v) is 7.18. The summed E-state index contributed by atoms with van der Waals surface area (Å²) in [6.07, 6.45) is 2.07. The average molecular weight is 178 g/mol. The molecule has 0 aromatic heterocycles. The first kappa shape index (κ1) is 9.96. The Bertz CT molecular complexity index is 269. The van der Waals surface area contributed by atoms with Crippen molar-refractivity contribution in [2.24, 2.45) is 0 Å². The van der Waals surface area contributed by atoms with Crippen molar-refractivity contribution in [2.75, 3.05) is 0 Å². The highest BCUT2D eigenvalue weighted by Crippen LogP contribution is 1.99. The van der Waals surface area contributed by atoms with Crippen molar-refractivity contribution < 1.29 is 14.8 Å². The molecule has 0 aliphatic carbocycles. The van der Waals surface area contributed by atoms with Gasteiger partial charge in [-0.25, -0.2) is 0 Å². The highest BCUT2D eigenvalue weighted by molar-refractivity contribution is 6.58. The summed E-state index contributed by atoms with van der Waals surface area (Å²) in [6.45, 7) is 0. The summed E-state index contributed by atoms with van der Waals surface area (Å²) in [7, 11) is -1.42. The lowest BCUT2D eigenvalue weighted by molar-refractivity contribution is -0.107. The summed E-state index contributed by atoms with van der Waals surface area (Å²) in [5, 5.41) is 17.6. The Hall–Kier alpha value is -1.13. The van der Waals surface area contributed by atoms with Gasteiger partial charge in [0.05, 0.1) is 0 Å². The van der Waals surface area contributed by atoms with Crippen molar-refractivity contribution in [2.45, 2.75) is 12.8 Å². The molecule has 13 heavy (non-hydrogen) atoms. The second-order valence-corrected chi connectivity index (χ2v) is 2.82. The van der Waals surface area contributed by atoms with Crippen LogP contribution in [-0.2, 0) is 11.2 Å². The molecule has 0 heterocycles. The van der Waals surface area contributed by atoms with Crippen LogP contribution >= 0.6 is 0 Å². The standard InChI is InChI=1S/C9H11BO3/c11-7-1-2-8-3-5-9(6-4-8)10(12)13/h3-7,12-13H,1-2H2. The van der Waals surface area contributed by atoms with E-state index in [0.29, 0.717) is 18.3 Å². The molecule has 1 aromatic carbocycles. The van der Waals surface area contributed by atoms with Gasteiger partial charge in [-0.1, -0.05) is 24.3 Å². The average Bonchev–Trinajstić information content (AvgIpc) is 2.15. The third kappa shape index (κ3) is 3.01. The van der Waals surface area contributed by atoms with Gasteiger partial charge in [0, 0.05) is 6.42 Å². The van der Waals surface area contributed by atoms with E-state index in [1.807, 2.05) is 0 Å². The van der Waals surface area contributed by atoms with Crippen molar-refractivity contribution in [3.05, 3.63) is 29.8 Å². The minimum atomic E-state index is -1.42. The summed E-state index contributed by atoms with van der Waals surface area (Å²) < 4.78 is 0. The maximum Gasteiger partial charge on any atom is 0.488 e. The fourth-order valence-corrected chi connectivity index (χ4v) is 1.08. The third-order valence-electron chi connectivity index (χ3n) is 1.83. The minimum Gasteiger partial charge on any atom is -0.423 e. The van der Waals surface area contributed by atoms with Gasteiger partial charge in [0.15, 0.2) is 0 Å². The molecule has 4 heteroatoms. The van der Waals surface area contributed by atoms with Crippen molar-refractivity contribution in [1.82, 2.24) is 0 Å². The van der Waals surface area contributed by atoms with Crippen LogP contribution in [-0.4, -0.2) is 23.5 Å². The van der Waals surface area contributed by atoms with E-state index in [4.69, 9.17) is 10.0 Å². The SMILES string of the molecule is O=CCCc1ccc(B(O)O)cc1. The first-order valence-corrected chi connectivity index (χ1v) is 4.12. The van der Waals surface area contributed by atoms with E-state index >= 15 is 0 Å². The largest absolute Gasteiger partial charge is 0.488 e. The zero-order chi connectivity index (χ0) is 9.68. The molecule has 0 atom stereocenters. The number of carbonyl (C=O) groups excluding carboxylic acids is 1. The molecule has 0 unspecified atom stereocenters.